The van der Waals surface area contributed by atoms with Gasteiger partial charge in [-0.1, -0.05) is 165 Å². The Morgan fingerprint density at radius 2 is 1.13 bits per heavy atom. The number of hydrogen-bond donors (Lipinski definition) is 0. The van der Waals surface area contributed by atoms with Crippen molar-refractivity contribution in [3.63, 3.8) is 0 Å². The highest BCUT2D eigenvalue weighted by molar-refractivity contribution is 6.98. The van der Waals surface area contributed by atoms with Crippen LogP contribution < -0.4 is 4.74 Å². The molecular weight excluding hydrogens is 511 g/mol. The van der Waals surface area contributed by atoms with Gasteiger partial charge in [0, 0.05) is 0 Å². The molecule has 0 bridgehead atoms. The first-order valence-corrected chi connectivity index (χ1v) is 22.3. The van der Waals surface area contributed by atoms with Crippen LogP contribution in [0, 0.1) is 0 Å². The molecule has 0 saturated heterocycles. The molecule has 0 atom stereocenters. The van der Waals surface area contributed by atoms with Gasteiger partial charge >= 0.3 is 0 Å². The number of para-hydroxylation sites is 2. The molecule has 216 valence electrons. The van der Waals surface area contributed by atoms with Crippen molar-refractivity contribution < 1.29 is 4.74 Å². The van der Waals surface area contributed by atoms with Gasteiger partial charge in [-0.15, -0.1) is 5.10 Å². The lowest BCUT2D eigenvalue weighted by Crippen LogP contribution is -2.73. The molecule has 0 spiro atoms. The topological polar surface area (TPSA) is 39.9 Å². The fourth-order valence-corrected chi connectivity index (χ4v) is 19.9. The van der Waals surface area contributed by atoms with Crippen LogP contribution >= 0.6 is 0 Å². The zero-order valence-electron chi connectivity index (χ0n) is 25.8. The van der Waals surface area contributed by atoms with E-state index in [-0.39, 0.29) is 0 Å². The zero-order chi connectivity index (χ0) is 28.2. The predicted molar refractivity (Wildman–Crippen MR) is 174 cm³/mol. The molecular formula is C33H55N3OSi2. The normalized spacial score (nSPS) is 12.8. The highest BCUT2D eigenvalue weighted by atomic mass is 28.4. The summed E-state index contributed by atoms with van der Waals surface area (Å²) >= 11 is 0. The Morgan fingerprint density at radius 1 is 0.641 bits per heavy atom. The number of hydrogen-bond acceptors (Lipinski definition) is 3. The minimum Gasteiger partial charge on any atom is -0.473 e. The van der Waals surface area contributed by atoms with Crippen molar-refractivity contribution in [2.45, 2.75) is 134 Å². The molecule has 0 saturated carbocycles. The van der Waals surface area contributed by atoms with E-state index in [1.54, 1.807) is 0 Å². The van der Waals surface area contributed by atoms with E-state index in [0.29, 0.717) is 0 Å². The molecule has 3 rings (SSSR count). The van der Waals surface area contributed by atoms with Gasteiger partial charge in [-0.3, -0.25) is 0 Å². The van der Waals surface area contributed by atoms with Crippen molar-refractivity contribution in [1.82, 2.24) is 15.0 Å². The average Bonchev–Trinajstić information content (AvgIpc) is 3.36. The molecule has 0 radical (unpaired) electrons. The maximum atomic E-state index is 7.46. The average molecular weight is 566 g/mol. The summed E-state index contributed by atoms with van der Waals surface area (Å²) in [5.41, 5.74) is 2.08. The van der Waals surface area contributed by atoms with E-state index >= 15 is 0 Å². The van der Waals surface area contributed by atoms with Crippen LogP contribution in [0.2, 0.25) is 38.3 Å². The van der Waals surface area contributed by atoms with Crippen molar-refractivity contribution in [2.75, 3.05) is 0 Å². The van der Waals surface area contributed by atoms with E-state index < -0.39 is 21.1 Å². The molecule has 6 heteroatoms. The fraction of sp³-hybridized carbons (Fsp3) is 0.636. The molecule has 1 heterocycles. The van der Waals surface area contributed by atoms with E-state index in [0.717, 1.165) is 16.8 Å². The Labute approximate surface area is 241 Å². The molecule has 0 aliphatic carbocycles. The first kappa shape index (κ1) is 31.6. The van der Waals surface area contributed by atoms with Crippen LogP contribution in [-0.4, -0.2) is 31.1 Å². The third-order valence-electron chi connectivity index (χ3n) is 8.80. The highest BCUT2D eigenvalue weighted by Crippen LogP contribution is 2.46. The minimum atomic E-state index is -2.07. The van der Waals surface area contributed by atoms with Crippen LogP contribution in [0.25, 0.3) is 11.0 Å². The van der Waals surface area contributed by atoms with E-state index in [4.69, 9.17) is 15.0 Å². The van der Waals surface area contributed by atoms with Crippen LogP contribution in [0.4, 0.5) is 0 Å². The summed E-state index contributed by atoms with van der Waals surface area (Å²) in [5.74, 6) is 0.962. The molecule has 0 fully saturated rings. The summed E-state index contributed by atoms with van der Waals surface area (Å²) in [6, 6.07) is 21.5. The largest absolute Gasteiger partial charge is 0.473 e. The van der Waals surface area contributed by atoms with E-state index in [1.165, 1.54) is 89.1 Å². The lowest BCUT2D eigenvalue weighted by Gasteiger charge is -2.53. The third kappa shape index (κ3) is 7.84. The summed E-state index contributed by atoms with van der Waals surface area (Å²) in [5, 5.41) is 9.64. The van der Waals surface area contributed by atoms with Gasteiger partial charge in [-0.2, -0.15) is 0 Å². The monoisotopic (exact) mass is 565 g/mol. The Balaban J connectivity index is 2.04. The molecule has 39 heavy (non-hydrogen) atoms. The van der Waals surface area contributed by atoms with Crippen LogP contribution in [0.5, 0.6) is 5.75 Å². The van der Waals surface area contributed by atoms with E-state index in [1.807, 2.05) is 0 Å². The SMILES string of the molecule is CCCCCCCC[Si](C)(C)C(Oc1ccccc1)(n1nnc2ccccc21)[Si](C)(C)CCCCCCCC. The van der Waals surface area contributed by atoms with Gasteiger partial charge in [0.15, 0.2) is 4.97 Å². The fourth-order valence-electron chi connectivity index (χ4n) is 6.60. The van der Waals surface area contributed by atoms with Crippen molar-refractivity contribution in [2.24, 2.45) is 0 Å². The maximum absolute atomic E-state index is 7.46. The second-order valence-electron chi connectivity index (χ2n) is 12.9. The van der Waals surface area contributed by atoms with Crippen molar-refractivity contribution in [1.29, 1.82) is 0 Å². The quantitative estimate of drug-likeness (QED) is 0.107. The Hall–Kier alpha value is -1.93. The van der Waals surface area contributed by atoms with Gasteiger partial charge < -0.3 is 4.74 Å². The number of rotatable bonds is 19. The molecule has 1 aromatic heterocycles. The van der Waals surface area contributed by atoms with Crippen LogP contribution in [0.15, 0.2) is 54.6 Å². The Morgan fingerprint density at radius 3 is 1.69 bits per heavy atom. The van der Waals surface area contributed by atoms with Crippen molar-refractivity contribution >= 4 is 27.2 Å². The van der Waals surface area contributed by atoms with E-state index in [9.17, 15) is 0 Å². The summed E-state index contributed by atoms with van der Waals surface area (Å²) in [7, 11) is -4.15. The first-order chi connectivity index (χ1) is 18.8. The van der Waals surface area contributed by atoms with Crippen LogP contribution in [0.3, 0.4) is 0 Å². The van der Waals surface area contributed by atoms with Gasteiger partial charge in [0.25, 0.3) is 0 Å². The maximum Gasteiger partial charge on any atom is 0.169 e. The lowest BCUT2D eigenvalue weighted by atomic mass is 10.1. The summed E-state index contributed by atoms with van der Waals surface area (Å²) in [4.78, 5) is -0.440. The zero-order valence-corrected chi connectivity index (χ0v) is 27.8. The number of nitrogens with zero attached hydrogens (tertiary/aromatic N) is 3. The standard InChI is InChI=1S/C33H55N3OSi2/c1-7-9-11-13-15-22-28-38(3,4)33(37-30-24-18-17-19-25-30,36-32-27-21-20-26-31(32)34-35-36)39(5,6)29-23-16-14-12-10-8-2/h17-21,24-27H,7-16,22-23,28-29H2,1-6H3. The van der Waals surface area contributed by atoms with Gasteiger partial charge in [-0.05, 0) is 24.3 Å². The summed E-state index contributed by atoms with van der Waals surface area (Å²) in [6.45, 7) is 14.9. The summed E-state index contributed by atoms with van der Waals surface area (Å²) in [6.07, 6.45) is 15.9. The minimum absolute atomic E-state index is 0.440. The molecule has 0 unspecified atom stereocenters. The second kappa shape index (κ2) is 15.2. The molecule has 3 aromatic rings. The van der Waals surface area contributed by atoms with Crippen LogP contribution in [0.1, 0.15) is 90.9 Å². The second-order valence-corrected chi connectivity index (χ2v) is 23.2. The Bertz CT molecular complexity index is 1070. The lowest BCUT2D eigenvalue weighted by molar-refractivity contribution is 0.128. The smallest absolute Gasteiger partial charge is 0.169 e. The number of fused-ring (bicyclic) bond motifs is 1. The first-order valence-electron chi connectivity index (χ1n) is 15.8. The molecule has 0 amide bonds. The molecule has 0 aliphatic heterocycles. The highest BCUT2D eigenvalue weighted by Gasteiger charge is 2.61. The molecule has 0 N–H and O–H groups in total. The van der Waals surface area contributed by atoms with Crippen molar-refractivity contribution in [3.8, 4) is 5.75 Å². The predicted octanol–water partition coefficient (Wildman–Crippen LogP) is 10.4. The Kier molecular flexibility index (Phi) is 12.3. The molecule has 2 aromatic carbocycles. The van der Waals surface area contributed by atoms with Gasteiger partial charge in [-0.25, -0.2) is 4.68 Å². The number of benzene rings is 2. The molecule has 0 aliphatic rings. The molecule has 4 nitrogen and oxygen atoms in total. The van der Waals surface area contributed by atoms with Gasteiger partial charge in [0.1, 0.15) is 27.4 Å². The number of unbranched alkanes of at least 4 members (excludes halogenated alkanes) is 10. The number of aromatic nitrogens is 3. The third-order valence-corrected chi connectivity index (χ3v) is 20.4. The van der Waals surface area contributed by atoms with Crippen molar-refractivity contribution in [3.05, 3.63) is 54.6 Å². The van der Waals surface area contributed by atoms with E-state index in [2.05, 4.69) is 99.3 Å². The summed E-state index contributed by atoms with van der Waals surface area (Å²) < 4.78 is 9.74. The van der Waals surface area contributed by atoms with Gasteiger partial charge in [0.05, 0.1) is 5.52 Å². The van der Waals surface area contributed by atoms with Gasteiger partial charge in [0.2, 0.25) is 0 Å². The van der Waals surface area contributed by atoms with Crippen LogP contribution in [-0.2, 0) is 4.97 Å². The number of ether oxygens (including phenoxy) is 1.